The van der Waals surface area contributed by atoms with Gasteiger partial charge < -0.3 is 4.74 Å². The molecule has 1 N–H and O–H groups in total. The van der Waals surface area contributed by atoms with Crippen LogP contribution in [0.15, 0.2) is 0 Å². The van der Waals surface area contributed by atoms with Crippen molar-refractivity contribution in [1.82, 2.24) is 5.48 Å². The van der Waals surface area contributed by atoms with E-state index in [0.29, 0.717) is 13.0 Å². The second-order valence-corrected chi connectivity index (χ2v) is 2.65. The smallest absolute Gasteiger partial charge is 0.275 e. The van der Waals surface area contributed by atoms with Gasteiger partial charge in [-0.3, -0.25) is 9.63 Å². The number of nitrogens with one attached hydrogen (secondary N) is 1. The van der Waals surface area contributed by atoms with E-state index >= 15 is 0 Å². The lowest BCUT2D eigenvalue weighted by molar-refractivity contribution is -0.154. The van der Waals surface area contributed by atoms with E-state index in [1.165, 1.54) is 7.11 Å². The first kappa shape index (κ1) is 11.4. The molecule has 0 fully saturated rings. The SMILES string of the molecule is CCONC(=O)C(C)(CC)OC. The number of amides is 1. The number of ether oxygens (including phenoxy) is 1. The lowest BCUT2D eigenvalue weighted by Crippen LogP contribution is -2.45. The van der Waals surface area contributed by atoms with Crippen molar-refractivity contribution in [2.75, 3.05) is 13.7 Å². The van der Waals surface area contributed by atoms with Crippen LogP contribution < -0.4 is 5.48 Å². The van der Waals surface area contributed by atoms with E-state index in [4.69, 9.17) is 9.57 Å². The maximum atomic E-state index is 11.3. The number of rotatable bonds is 5. The van der Waals surface area contributed by atoms with Gasteiger partial charge in [-0.25, -0.2) is 5.48 Å². The molecule has 0 saturated heterocycles. The molecule has 72 valence electrons. The van der Waals surface area contributed by atoms with Gasteiger partial charge in [-0.05, 0) is 20.3 Å². The van der Waals surface area contributed by atoms with Crippen LogP contribution in [0.3, 0.4) is 0 Å². The Balaban J connectivity index is 4.03. The summed E-state index contributed by atoms with van der Waals surface area (Å²) in [6, 6.07) is 0. The number of methoxy groups -OCH3 is 1. The third-order valence-corrected chi connectivity index (χ3v) is 1.91. The highest BCUT2D eigenvalue weighted by atomic mass is 16.7. The second-order valence-electron chi connectivity index (χ2n) is 2.65. The van der Waals surface area contributed by atoms with Crippen molar-refractivity contribution in [3.8, 4) is 0 Å². The van der Waals surface area contributed by atoms with Crippen LogP contribution in [0.25, 0.3) is 0 Å². The zero-order valence-electron chi connectivity index (χ0n) is 8.14. The van der Waals surface area contributed by atoms with Crippen LogP contribution in [-0.2, 0) is 14.4 Å². The molecule has 0 spiro atoms. The quantitative estimate of drug-likeness (QED) is 0.631. The van der Waals surface area contributed by atoms with Crippen LogP contribution in [-0.4, -0.2) is 25.2 Å². The molecule has 1 atom stereocenters. The summed E-state index contributed by atoms with van der Waals surface area (Å²) in [5, 5.41) is 0. The molecule has 1 amide bonds. The highest BCUT2D eigenvalue weighted by Gasteiger charge is 2.30. The molecule has 0 aliphatic rings. The summed E-state index contributed by atoms with van der Waals surface area (Å²) in [4.78, 5) is 16.1. The molecule has 0 rings (SSSR count). The van der Waals surface area contributed by atoms with Crippen molar-refractivity contribution in [3.63, 3.8) is 0 Å². The molecule has 0 aliphatic heterocycles. The molecule has 12 heavy (non-hydrogen) atoms. The molecular weight excluding hydrogens is 158 g/mol. The molecule has 0 heterocycles. The van der Waals surface area contributed by atoms with E-state index in [0.717, 1.165) is 0 Å². The molecule has 0 aromatic rings. The monoisotopic (exact) mass is 175 g/mol. The third-order valence-electron chi connectivity index (χ3n) is 1.91. The number of carbonyl (C=O) groups is 1. The Morgan fingerprint density at radius 1 is 1.50 bits per heavy atom. The summed E-state index contributed by atoms with van der Waals surface area (Å²) < 4.78 is 5.05. The first-order valence-corrected chi connectivity index (χ1v) is 4.08. The van der Waals surface area contributed by atoms with Crippen molar-refractivity contribution in [2.24, 2.45) is 0 Å². The maximum absolute atomic E-state index is 11.3. The predicted octanol–water partition coefficient (Wildman–Crippen LogP) is 0.869. The van der Waals surface area contributed by atoms with E-state index in [2.05, 4.69) is 5.48 Å². The molecule has 0 aromatic heterocycles. The topological polar surface area (TPSA) is 47.6 Å². The molecular formula is C8H17NO3. The number of hydrogen-bond donors (Lipinski definition) is 1. The fourth-order valence-electron chi connectivity index (χ4n) is 0.643. The molecule has 0 radical (unpaired) electrons. The molecule has 0 aliphatic carbocycles. The lowest BCUT2D eigenvalue weighted by Gasteiger charge is -2.24. The Morgan fingerprint density at radius 2 is 2.08 bits per heavy atom. The minimum absolute atomic E-state index is 0.241. The van der Waals surface area contributed by atoms with Gasteiger partial charge in [-0.2, -0.15) is 0 Å². The van der Waals surface area contributed by atoms with E-state index in [-0.39, 0.29) is 5.91 Å². The van der Waals surface area contributed by atoms with Gasteiger partial charge in [0.2, 0.25) is 0 Å². The van der Waals surface area contributed by atoms with Crippen LogP contribution in [0.2, 0.25) is 0 Å². The van der Waals surface area contributed by atoms with Crippen LogP contribution in [0.5, 0.6) is 0 Å². The van der Waals surface area contributed by atoms with E-state index in [1.807, 2.05) is 6.92 Å². The van der Waals surface area contributed by atoms with Gasteiger partial charge >= 0.3 is 0 Å². The van der Waals surface area contributed by atoms with Gasteiger partial charge in [0.1, 0.15) is 5.60 Å². The lowest BCUT2D eigenvalue weighted by atomic mass is 10.0. The summed E-state index contributed by atoms with van der Waals surface area (Å²) in [5.41, 5.74) is 1.53. The van der Waals surface area contributed by atoms with Crippen LogP contribution in [0.4, 0.5) is 0 Å². The molecule has 0 saturated carbocycles. The maximum Gasteiger partial charge on any atom is 0.275 e. The van der Waals surface area contributed by atoms with Crippen molar-refractivity contribution in [3.05, 3.63) is 0 Å². The first-order chi connectivity index (χ1) is 5.60. The van der Waals surface area contributed by atoms with E-state index < -0.39 is 5.60 Å². The van der Waals surface area contributed by atoms with Crippen LogP contribution >= 0.6 is 0 Å². The minimum atomic E-state index is -0.783. The second kappa shape index (κ2) is 5.11. The number of hydroxylamine groups is 1. The normalized spacial score (nSPS) is 15.3. The summed E-state index contributed by atoms with van der Waals surface area (Å²) in [5.74, 6) is -0.241. The zero-order chi connectivity index (χ0) is 9.61. The van der Waals surface area contributed by atoms with Crippen molar-refractivity contribution < 1.29 is 14.4 Å². The van der Waals surface area contributed by atoms with Gasteiger partial charge in [0, 0.05) is 7.11 Å². The average Bonchev–Trinajstić information content (AvgIpc) is 2.12. The molecule has 0 bridgehead atoms. The van der Waals surface area contributed by atoms with Gasteiger partial charge in [0.15, 0.2) is 0 Å². The summed E-state index contributed by atoms with van der Waals surface area (Å²) in [6.07, 6.45) is 0.613. The average molecular weight is 175 g/mol. The van der Waals surface area contributed by atoms with Crippen molar-refractivity contribution >= 4 is 5.91 Å². The first-order valence-electron chi connectivity index (χ1n) is 4.08. The number of hydrogen-bond acceptors (Lipinski definition) is 3. The third kappa shape index (κ3) is 2.79. The Morgan fingerprint density at radius 3 is 2.42 bits per heavy atom. The Hall–Kier alpha value is -0.610. The van der Waals surface area contributed by atoms with Gasteiger partial charge in [-0.15, -0.1) is 0 Å². The van der Waals surface area contributed by atoms with Crippen molar-refractivity contribution in [2.45, 2.75) is 32.8 Å². The Kier molecular flexibility index (Phi) is 4.85. The predicted molar refractivity (Wildman–Crippen MR) is 45.5 cm³/mol. The number of carbonyl (C=O) groups excluding carboxylic acids is 1. The van der Waals surface area contributed by atoms with E-state index in [9.17, 15) is 4.79 Å². The fourth-order valence-corrected chi connectivity index (χ4v) is 0.643. The van der Waals surface area contributed by atoms with Gasteiger partial charge in [0.25, 0.3) is 5.91 Å². The van der Waals surface area contributed by atoms with Crippen molar-refractivity contribution in [1.29, 1.82) is 0 Å². The standard InChI is InChI=1S/C8H17NO3/c1-5-8(3,11-4)7(10)9-12-6-2/h5-6H2,1-4H3,(H,9,10). The zero-order valence-corrected chi connectivity index (χ0v) is 8.14. The Labute approximate surface area is 73.2 Å². The van der Waals surface area contributed by atoms with Gasteiger partial charge in [0.05, 0.1) is 6.61 Å². The van der Waals surface area contributed by atoms with Gasteiger partial charge in [-0.1, -0.05) is 6.92 Å². The summed E-state index contributed by atoms with van der Waals surface area (Å²) in [7, 11) is 1.51. The van der Waals surface area contributed by atoms with Crippen LogP contribution in [0.1, 0.15) is 27.2 Å². The molecule has 4 nitrogen and oxygen atoms in total. The highest BCUT2D eigenvalue weighted by molar-refractivity contribution is 5.83. The largest absolute Gasteiger partial charge is 0.369 e. The molecule has 4 heteroatoms. The Bertz CT molecular complexity index is 143. The summed E-state index contributed by atoms with van der Waals surface area (Å²) >= 11 is 0. The summed E-state index contributed by atoms with van der Waals surface area (Å²) in [6.45, 7) is 5.86. The molecule has 1 unspecified atom stereocenters. The van der Waals surface area contributed by atoms with Crippen LogP contribution in [0, 0.1) is 0 Å². The van der Waals surface area contributed by atoms with E-state index in [1.54, 1.807) is 13.8 Å². The molecule has 0 aromatic carbocycles. The highest BCUT2D eigenvalue weighted by Crippen LogP contribution is 2.13. The minimum Gasteiger partial charge on any atom is -0.369 e. The fraction of sp³-hybridized carbons (Fsp3) is 0.875.